The molecule has 4 heterocycles. The van der Waals surface area contributed by atoms with Gasteiger partial charge in [-0.05, 0) is 18.9 Å². The standard InChI is InChI=1S/C20H20ClFN4O9PS/c1-32-36(28,29)8-37(30,31)7-13-15-16(35-20(27)34-15)19(33-13)26-3-2-11-14(24-10-4-9(22)5-10)12(6-23)17(21)25-18(11)26/h2-3,9-10,13,15-16,19H,1,4-5,7-8H2,(H,24,25)(H,28,29)/t9?,10?,13-,15-,16-,19-/m1/s1. The third-order valence-electron chi connectivity index (χ3n) is 6.36. The number of aromatic nitrogens is 2. The molecular formula is C20H20ClFN4O9PS. The van der Waals surface area contributed by atoms with Gasteiger partial charge in [-0.25, -0.2) is 22.6 Å². The van der Waals surface area contributed by atoms with Crippen LogP contribution in [0.25, 0.3) is 11.0 Å². The van der Waals surface area contributed by atoms with Crippen LogP contribution in [0, 0.1) is 18.4 Å². The predicted octanol–water partition coefficient (Wildman–Crippen LogP) is 2.64. The van der Waals surface area contributed by atoms with Crippen molar-refractivity contribution in [1.29, 1.82) is 5.26 Å². The van der Waals surface area contributed by atoms with Crippen molar-refractivity contribution in [2.45, 2.75) is 49.6 Å². The fourth-order valence-corrected chi connectivity index (χ4v) is 8.33. The number of rotatable bonds is 8. The van der Waals surface area contributed by atoms with Gasteiger partial charge in [0.25, 0.3) is 0 Å². The molecule has 2 N–H and O–H groups in total. The van der Waals surface area contributed by atoms with Gasteiger partial charge < -0.3 is 33.5 Å². The maximum atomic E-state index is 13.4. The van der Waals surface area contributed by atoms with Crippen LogP contribution in [-0.4, -0.2) is 70.8 Å². The van der Waals surface area contributed by atoms with Crippen molar-refractivity contribution in [3.63, 3.8) is 0 Å². The van der Waals surface area contributed by atoms with Crippen LogP contribution in [-0.2, 0) is 33.1 Å². The fourth-order valence-electron chi connectivity index (χ4n) is 4.64. The molecule has 3 fully saturated rings. The zero-order valence-electron chi connectivity index (χ0n) is 18.8. The highest BCUT2D eigenvalue weighted by atomic mass is 35.5. The van der Waals surface area contributed by atoms with E-state index in [9.17, 15) is 32.3 Å². The van der Waals surface area contributed by atoms with E-state index in [1.807, 2.05) is 6.07 Å². The zero-order valence-corrected chi connectivity index (χ0v) is 21.3. The van der Waals surface area contributed by atoms with E-state index in [1.165, 1.54) is 10.8 Å². The van der Waals surface area contributed by atoms with Crippen molar-refractivity contribution in [3.05, 3.63) is 30.1 Å². The summed E-state index contributed by atoms with van der Waals surface area (Å²) in [5.41, 5.74) is -0.562. The van der Waals surface area contributed by atoms with Crippen LogP contribution in [0.4, 0.5) is 14.9 Å². The Morgan fingerprint density at radius 3 is 2.76 bits per heavy atom. The van der Waals surface area contributed by atoms with Crippen molar-refractivity contribution < 1.29 is 45.8 Å². The molecule has 0 bridgehead atoms. The van der Waals surface area contributed by atoms with Crippen molar-refractivity contribution in [2.24, 2.45) is 0 Å². The lowest BCUT2D eigenvalue weighted by Crippen LogP contribution is -2.36. The van der Waals surface area contributed by atoms with E-state index in [0.29, 0.717) is 11.1 Å². The topological polar surface area (TPSA) is 179 Å². The lowest BCUT2D eigenvalue weighted by atomic mass is 9.90. The maximum Gasteiger partial charge on any atom is 0.509 e. The molecule has 17 heteroatoms. The molecule has 2 aromatic heterocycles. The van der Waals surface area contributed by atoms with Crippen LogP contribution in [0.2, 0.25) is 5.15 Å². The van der Waals surface area contributed by atoms with Gasteiger partial charge in [-0.2, -0.15) is 5.26 Å². The molecule has 13 nitrogen and oxygen atoms in total. The Morgan fingerprint density at radius 1 is 1.41 bits per heavy atom. The number of hydrogen-bond donors (Lipinski definition) is 2. The minimum Gasteiger partial charge on any atom is -0.424 e. The molecule has 1 aliphatic carbocycles. The van der Waals surface area contributed by atoms with Crippen LogP contribution in [0.3, 0.4) is 0 Å². The molecule has 3 aliphatic rings. The molecule has 37 heavy (non-hydrogen) atoms. The van der Waals surface area contributed by atoms with E-state index in [1.54, 1.807) is 6.07 Å². The molecule has 2 aliphatic heterocycles. The number of nitrogens with one attached hydrogen (secondary N) is 1. The highest BCUT2D eigenvalue weighted by Crippen LogP contribution is 2.45. The van der Waals surface area contributed by atoms with Gasteiger partial charge in [-0.3, -0.25) is 4.57 Å². The quantitative estimate of drug-likeness (QED) is 0.266. The molecule has 1 radical (unpaired) electrons. The number of carbonyl (C=O) groups is 1. The summed E-state index contributed by atoms with van der Waals surface area (Å²) < 4.78 is 72.1. The number of carbonyl (C=O) groups excluding carboxylic acids is 1. The van der Waals surface area contributed by atoms with Crippen LogP contribution < -0.4 is 5.32 Å². The van der Waals surface area contributed by atoms with Gasteiger partial charge in [0, 0.05) is 17.6 Å². The molecular weight excluding hydrogens is 558 g/mol. The molecule has 0 amide bonds. The summed E-state index contributed by atoms with van der Waals surface area (Å²) in [5.74, 6) is -0.778. The number of pyridine rings is 1. The smallest absolute Gasteiger partial charge is 0.424 e. The Hall–Kier alpha value is -2.47. The second kappa shape index (κ2) is 9.37. The number of nitriles is 1. The number of fused-ring (bicyclic) bond motifs is 2. The van der Waals surface area contributed by atoms with E-state index in [-0.39, 0.29) is 35.2 Å². The van der Waals surface area contributed by atoms with Crippen LogP contribution in [0.1, 0.15) is 24.6 Å². The summed E-state index contributed by atoms with van der Waals surface area (Å²) >= 11 is 6.28. The summed E-state index contributed by atoms with van der Waals surface area (Å²) in [6, 6.07) is 3.40. The van der Waals surface area contributed by atoms with E-state index >= 15 is 0 Å². The first-order valence-electron chi connectivity index (χ1n) is 10.9. The average Bonchev–Trinajstić information content (AvgIpc) is 3.45. The van der Waals surface area contributed by atoms with Crippen LogP contribution in [0.5, 0.6) is 0 Å². The third-order valence-corrected chi connectivity index (χ3v) is 10.8. The molecule has 199 valence electrons. The minimum absolute atomic E-state index is 0.0695. The number of halogens is 2. The highest BCUT2D eigenvalue weighted by molar-refractivity contribution is 7.97. The molecule has 5 rings (SSSR count). The van der Waals surface area contributed by atoms with Gasteiger partial charge in [0.2, 0.25) is 0 Å². The summed E-state index contributed by atoms with van der Waals surface area (Å²) in [6.45, 7) is 0. The monoisotopic (exact) mass is 577 g/mol. The summed E-state index contributed by atoms with van der Waals surface area (Å²) in [4.78, 5) is 25.7. The Balaban J connectivity index is 1.48. The van der Waals surface area contributed by atoms with Gasteiger partial charge in [0.1, 0.15) is 29.6 Å². The fraction of sp³-hybridized carbons (Fsp3) is 0.500. The van der Waals surface area contributed by atoms with Crippen molar-refractivity contribution in [2.75, 3.05) is 16.6 Å². The third kappa shape index (κ3) is 4.89. The molecule has 0 aromatic carbocycles. The predicted molar refractivity (Wildman–Crippen MR) is 125 cm³/mol. The number of alkyl halides is 1. The number of anilines is 1. The average molecular weight is 578 g/mol. The first-order valence-corrected chi connectivity index (χ1v) is 14.9. The highest BCUT2D eigenvalue weighted by Gasteiger charge is 2.56. The Morgan fingerprint density at radius 2 is 2.11 bits per heavy atom. The number of hydrogen-bond acceptors (Lipinski definition) is 11. The minimum atomic E-state index is -4.50. The first-order chi connectivity index (χ1) is 17.4. The van der Waals surface area contributed by atoms with Crippen molar-refractivity contribution >= 4 is 51.9 Å². The lowest BCUT2D eigenvalue weighted by molar-refractivity contribution is -0.0468. The van der Waals surface area contributed by atoms with Crippen LogP contribution >= 0.6 is 19.2 Å². The molecule has 2 saturated heterocycles. The SMILES string of the molecule is [CH2]OP(=O)(O)CS(=O)(=O)C[C@H]1O[C@@H](n2ccc3c(NC4CC(F)C4)c(C#N)c(Cl)nc32)[C@@H]2OC(=O)O[C@@H]21. The Bertz CT molecular complexity index is 1460. The summed E-state index contributed by atoms with van der Waals surface area (Å²) in [7, 11) is -5.93. The molecule has 1 saturated carbocycles. The molecule has 0 spiro atoms. The lowest BCUT2D eigenvalue weighted by Gasteiger charge is -2.31. The Kier molecular flexibility index (Phi) is 6.62. The first kappa shape index (κ1) is 26.1. The summed E-state index contributed by atoms with van der Waals surface area (Å²) in [6.07, 6.45) is -4.50. The number of sulfone groups is 1. The molecule has 1 unspecified atom stereocenters. The van der Waals surface area contributed by atoms with Gasteiger partial charge in [-0.15, -0.1) is 0 Å². The van der Waals surface area contributed by atoms with Gasteiger partial charge in [-0.1, -0.05) is 11.6 Å². The largest absolute Gasteiger partial charge is 0.509 e. The normalized spacial score (nSPS) is 30.6. The van der Waals surface area contributed by atoms with Gasteiger partial charge >= 0.3 is 13.8 Å². The molecule has 5 atom stereocenters. The maximum absolute atomic E-state index is 13.4. The zero-order chi connectivity index (χ0) is 26.7. The van der Waals surface area contributed by atoms with Crippen molar-refractivity contribution in [1.82, 2.24) is 9.55 Å². The van der Waals surface area contributed by atoms with Crippen molar-refractivity contribution in [3.8, 4) is 6.07 Å². The number of nitrogens with zero attached hydrogens (tertiary/aromatic N) is 3. The van der Waals surface area contributed by atoms with E-state index in [2.05, 4.69) is 21.9 Å². The second-order valence-corrected chi connectivity index (χ2v) is 13.7. The molecule has 2 aromatic rings. The van der Waals surface area contributed by atoms with E-state index in [4.69, 9.17) is 25.8 Å². The van der Waals surface area contributed by atoms with Crippen LogP contribution in [0.15, 0.2) is 12.3 Å². The number of ether oxygens (including phenoxy) is 3. The van der Waals surface area contributed by atoms with E-state index in [0.717, 1.165) is 0 Å². The Labute approximate surface area is 214 Å². The van der Waals surface area contributed by atoms with Gasteiger partial charge in [0.05, 0.1) is 18.6 Å². The van der Waals surface area contributed by atoms with Gasteiger partial charge in [0.15, 0.2) is 38.9 Å². The summed E-state index contributed by atoms with van der Waals surface area (Å²) in [5, 5.41) is 13.1. The second-order valence-electron chi connectivity index (χ2n) is 8.92. The van der Waals surface area contributed by atoms with E-state index < -0.39 is 65.5 Å².